The highest BCUT2D eigenvalue weighted by Crippen LogP contribution is 2.30. The van der Waals surface area contributed by atoms with Crippen molar-refractivity contribution in [1.29, 1.82) is 0 Å². The van der Waals surface area contributed by atoms with Gasteiger partial charge in [-0.25, -0.2) is 0 Å². The molecule has 1 atom stereocenters. The molecule has 10 nitrogen and oxygen atoms in total. The third-order valence-electron chi connectivity index (χ3n) is 6.59. The van der Waals surface area contributed by atoms with Crippen LogP contribution in [0.1, 0.15) is 47.9 Å². The Kier molecular flexibility index (Phi) is 4.99. The van der Waals surface area contributed by atoms with Gasteiger partial charge in [-0.05, 0) is 42.9 Å². The molecule has 3 aromatic rings. The smallest absolute Gasteiger partial charge is 0.318 e. The van der Waals surface area contributed by atoms with E-state index in [0.29, 0.717) is 29.6 Å². The van der Waals surface area contributed by atoms with Gasteiger partial charge in [0, 0.05) is 31.5 Å². The number of hydrogen-bond donors (Lipinski definition) is 2. The number of anilines is 1. The molecule has 1 unspecified atom stereocenters. The second-order valence-electron chi connectivity index (χ2n) is 8.66. The molecule has 164 valence electrons. The molecule has 6 rings (SSSR count). The Morgan fingerprint density at radius 3 is 2.56 bits per heavy atom. The van der Waals surface area contributed by atoms with Crippen LogP contribution in [0.2, 0.25) is 0 Å². The van der Waals surface area contributed by atoms with E-state index in [4.69, 9.17) is 4.42 Å². The van der Waals surface area contributed by atoms with E-state index in [-0.39, 0.29) is 6.17 Å². The van der Waals surface area contributed by atoms with Gasteiger partial charge in [-0.3, -0.25) is 10.4 Å². The highest BCUT2D eigenvalue weighted by Gasteiger charge is 2.27. The van der Waals surface area contributed by atoms with Crippen molar-refractivity contribution in [3.8, 4) is 0 Å². The van der Waals surface area contributed by atoms with E-state index in [1.807, 2.05) is 6.08 Å². The zero-order valence-electron chi connectivity index (χ0n) is 17.7. The molecule has 32 heavy (non-hydrogen) atoms. The number of nitrogens with zero attached hydrogens (tertiary/aromatic N) is 7. The summed E-state index contributed by atoms with van der Waals surface area (Å²) < 4.78 is 5.93. The van der Waals surface area contributed by atoms with E-state index in [0.717, 1.165) is 50.9 Å². The van der Waals surface area contributed by atoms with Crippen LogP contribution >= 0.6 is 0 Å². The second kappa shape index (κ2) is 8.27. The lowest BCUT2D eigenvalue weighted by Crippen LogP contribution is -2.37. The third kappa shape index (κ3) is 3.81. The van der Waals surface area contributed by atoms with Crippen LogP contribution in [0.3, 0.4) is 0 Å². The van der Waals surface area contributed by atoms with Gasteiger partial charge in [0.1, 0.15) is 11.9 Å². The topological polar surface area (TPSA) is 120 Å². The van der Waals surface area contributed by atoms with Crippen LogP contribution in [0.5, 0.6) is 0 Å². The van der Waals surface area contributed by atoms with Crippen LogP contribution in [0.4, 0.5) is 6.01 Å². The van der Waals surface area contributed by atoms with E-state index >= 15 is 0 Å². The van der Waals surface area contributed by atoms with E-state index in [1.54, 1.807) is 6.20 Å². The Labute approximate surface area is 185 Å². The van der Waals surface area contributed by atoms with Crippen molar-refractivity contribution in [3.05, 3.63) is 59.2 Å². The summed E-state index contributed by atoms with van der Waals surface area (Å²) >= 11 is 0. The Bertz CT molecular complexity index is 1100. The summed E-state index contributed by atoms with van der Waals surface area (Å²) in [4.78, 5) is 2.12. The fourth-order valence-electron chi connectivity index (χ4n) is 4.86. The first-order valence-corrected chi connectivity index (χ1v) is 11.2. The molecule has 0 saturated carbocycles. The quantitative estimate of drug-likeness (QED) is 0.637. The molecule has 2 aromatic heterocycles. The van der Waals surface area contributed by atoms with Crippen LogP contribution in [0.15, 0.2) is 51.2 Å². The molecule has 0 bridgehead atoms. The summed E-state index contributed by atoms with van der Waals surface area (Å²) in [6.45, 7) is 1.70. The highest BCUT2D eigenvalue weighted by molar-refractivity contribution is 5.57. The molecular formula is C22H25N9O. The molecule has 1 aromatic carbocycles. The number of H-pyrrole nitrogens is 1. The lowest BCUT2D eigenvalue weighted by molar-refractivity contribution is 0.428. The van der Waals surface area contributed by atoms with E-state index in [1.165, 1.54) is 11.1 Å². The van der Waals surface area contributed by atoms with Crippen molar-refractivity contribution in [1.82, 2.24) is 30.9 Å². The maximum absolute atomic E-state index is 5.93. The van der Waals surface area contributed by atoms with E-state index in [9.17, 15) is 0 Å². The summed E-state index contributed by atoms with van der Waals surface area (Å²) in [5.74, 6) is 0.867. The number of benzene rings is 1. The fraction of sp³-hybridized carbons (Fsp3) is 0.455. The maximum Gasteiger partial charge on any atom is 0.318 e. The monoisotopic (exact) mass is 431 g/mol. The fourth-order valence-corrected chi connectivity index (χ4v) is 4.86. The molecule has 4 heterocycles. The molecule has 1 fully saturated rings. The molecule has 1 saturated heterocycles. The lowest BCUT2D eigenvalue weighted by atomic mass is 9.94. The summed E-state index contributed by atoms with van der Waals surface area (Å²) in [6, 6.07) is 9.58. The average Bonchev–Trinajstić information content (AvgIpc) is 3.60. The number of rotatable bonds is 5. The van der Waals surface area contributed by atoms with Crippen LogP contribution in [-0.4, -0.2) is 50.9 Å². The molecule has 2 N–H and O–H groups in total. The minimum absolute atomic E-state index is 0.0172. The molecule has 0 spiro atoms. The van der Waals surface area contributed by atoms with Gasteiger partial charge in [0.2, 0.25) is 0 Å². The van der Waals surface area contributed by atoms with Gasteiger partial charge in [0.15, 0.2) is 0 Å². The second-order valence-corrected chi connectivity index (χ2v) is 8.66. The van der Waals surface area contributed by atoms with Crippen molar-refractivity contribution in [2.75, 3.05) is 18.0 Å². The van der Waals surface area contributed by atoms with Gasteiger partial charge < -0.3 is 9.32 Å². The van der Waals surface area contributed by atoms with Gasteiger partial charge in [-0.2, -0.15) is 5.11 Å². The number of azo groups is 1. The number of piperidine rings is 1. The molecule has 2 aliphatic heterocycles. The predicted octanol–water partition coefficient (Wildman–Crippen LogP) is 2.85. The SMILES string of the molecule is C1=C(c2nnc(N3CCC(c4cnn[nH]4)CC3)o2)N=NC(NC2Cc3ccccc3C2)C1. The first-order valence-electron chi connectivity index (χ1n) is 11.2. The highest BCUT2D eigenvalue weighted by atomic mass is 16.4. The predicted molar refractivity (Wildman–Crippen MR) is 117 cm³/mol. The summed E-state index contributed by atoms with van der Waals surface area (Å²) in [7, 11) is 0. The van der Waals surface area contributed by atoms with Crippen molar-refractivity contribution in [3.63, 3.8) is 0 Å². The van der Waals surface area contributed by atoms with Gasteiger partial charge >= 0.3 is 6.01 Å². The zero-order chi connectivity index (χ0) is 21.3. The Hall–Kier alpha value is -3.40. The van der Waals surface area contributed by atoms with Gasteiger partial charge in [-0.1, -0.05) is 34.6 Å². The van der Waals surface area contributed by atoms with Crippen molar-refractivity contribution < 1.29 is 4.42 Å². The maximum atomic E-state index is 5.93. The Morgan fingerprint density at radius 2 is 1.88 bits per heavy atom. The first kappa shape index (κ1) is 19.3. The zero-order valence-corrected chi connectivity index (χ0v) is 17.7. The molecular weight excluding hydrogens is 406 g/mol. The van der Waals surface area contributed by atoms with Crippen molar-refractivity contribution >= 4 is 11.7 Å². The summed E-state index contributed by atoms with van der Waals surface area (Å²) in [5.41, 5.74) is 4.60. The number of aromatic amines is 1. The van der Waals surface area contributed by atoms with Crippen LogP contribution in [0, 0.1) is 0 Å². The largest absolute Gasteiger partial charge is 0.401 e. The molecule has 0 amide bonds. The molecule has 1 aliphatic carbocycles. The molecule has 10 heteroatoms. The lowest BCUT2D eigenvalue weighted by Gasteiger charge is -2.29. The number of fused-ring (bicyclic) bond motifs is 1. The van der Waals surface area contributed by atoms with Crippen LogP contribution in [-0.2, 0) is 12.8 Å². The van der Waals surface area contributed by atoms with Crippen molar-refractivity contribution in [2.24, 2.45) is 10.2 Å². The minimum Gasteiger partial charge on any atom is -0.401 e. The minimum atomic E-state index is -0.0172. The van der Waals surface area contributed by atoms with Gasteiger partial charge in [0.25, 0.3) is 5.89 Å². The Balaban J connectivity index is 1.03. The van der Waals surface area contributed by atoms with Gasteiger partial charge in [-0.15, -0.1) is 15.3 Å². The standard InChI is InChI=1S/C22H25N9O/c1-2-4-16-12-17(11-15(16)3-1)24-20-6-5-18(25-27-20)21-28-29-22(32-21)31-9-7-14(8-10-31)19-13-23-30-26-19/h1-5,13-14,17,20,24H,6-12H2,(H,23,26,30). The van der Waals surface area contributed by atoms with Gasteiger partial charge in [0.05, 0.1) is 11.9 Å². The van der Waals surface area contributed by atoms with Crippen LogP contribution in [0.25, 0.3) is 5.70 Å². The number of hydrogen-bond acceptors (Lipinski definition) is 9. The van der Waals surface area contributed by atoms with Crippen LogP contribution < -0.4 is 10.2 Å². The summed E-state index contributed by atoms with van der Waals surface area (Å²) in [6.07, 6.45) is 8.63. The number of aromatic nitrogens is 5. The van der Waals surface area contributed by atoms with E-state index in [2.05, 4.69) is 70.3 Å². The summed E-state index contributed by atoms with van der Waals surface area (Å²) in [5, 5.41) is 31.6. The van der Waals surface area contributed by atoms with Crippen molar-refractivity contribution in [2.45, 2.75) is 50.2 Å². The molecule has 0 radical (unpaired) electrons. The normalized spacial score (nSPS) is 21.7. The molecule has 3 aliphatic rings. The average molecular weight is 432 g/mol. The van der Waals surface area contributed by atoms with E-state index < -0.39 is 0 Å². The first-order chi connectivity index (χ1) is 15.8. The third-order valence-corrected chi connectivity index (χ3v) is 6.59. The number of nitrogens with one attached hydrogen (secondary N) is 2. The Morgan fingerprint density at radius 1 is 1.06 bits per heavy atom.